The first kappa shape index (κ1) is 22.7. The molecule has 2 aromatic carbocycles. The van der Waals surface area contributed by atoms with Crippen LogP contribution in [-0.2, 0) is 17.6 Å². The van der Waals surface area contributed by atoms with E-state index >= 15 is 0 Å². The lowest BCUT2D eigenvalue weighted by Crippen LogP contribution is -2.10. The second-order valence-corrected chi connectivity index (χ2v) is 9.61. The van der Waals surface area contributed by atoms with Crippen molar-refractivity contribution in [3.8, 4) is 17.1 Å². The Balaban J connectivity index is 1.77. The van der Waals surface area contributed by atoms with Gasteiger partial charge in [0.2, 0.25) is 0 Å². The number of halogens is 1. The fourth-order valence-electron chi connectivity index (χ4n) is 4.28. The van der Waals surface area contributed by atoms with Crippen LogP contribution in [0.15, 0.2) is 57.9 Å². The Morgan fingerprint density at radius 3 is 2.68 bits per heavy atom. The van der Waals surface area contributed by atoms with Crippen molar-refractivity contribution in [1.29, 1.82) is 0 Å². The average Bonchev–Trinajstić information content (AvgIpc) is 3.22. The summed E-state index contributed by atoms with van der Waals surface area (Å²) in [6.07, 6.45) is 4.04. The van der Waals surface area contributed by atoms with E-state index in [-0.39, 0.29) is 5.97 Å². The van der Waals surface area contributed by atoms with Crippen LogP contribution in [0.3, 0.4) is 0 Å². The number of hydrogen-bond donors (Lipinski definition) is 0. The van der Waals surface area contributed by atoms with Crippen molar-refractivity contribution in [2.75, 3.05) is 13.7 Å². The highest BCUT2D eigenvalue weighted by molar-refractivity contribution is 7.16. The monoisotopic (exact) mass is 493 g/mol. The molecule has 34 heavy (non-hydrogen) atoms. The Labute approximate surface area is 206 Å². The van der Waals surface area contributed by atoms with Gasteiger partial charge in [-0.2, -0.15) is 0 Å². The number of aryl methyl sites for hydroxylation is 1. The zero-order valence-corrected chi connectivity index (χ0v) is 20.6. The van der Waals surface area contributed by atoms with E-state index in [0.717, 1.165) is 42.2 Å². The summed E-state index contributed by atoms with van der Waals surface area (Å²) in [6, 6.07) is 15.0. The average molecular weight is 494 g/mol. The molecular formula is C27H24ClNO4S. The predicted molar refractivity (Wildman–Crippen MR) is 135 cm³/mol. The standard InChI is InChI=1S/C27H24ClNO4S/c1-3-32-27(30)25-19-6-4-5-7-24(19)34-26(25)29-21-15-23(16-8-10-17(28)11-9-16)33-22-13-12-18(31-2)14-20(21)22/h8-15H,3-7H2,1-2H3/b29-21+. The number of carbonyl (C=O) groups excluding carboxylic acids is 1. The molecule has 0 saturated heterocycles. The van der Waals surface area contributed by atoms with Crippen LogP contribution in [0.25, 0.3) is 22.3 Å². The molecule has 1 aliphatic carbocycles. The highest BCUT2D eigenvalue weighted by Gasteiger charge is 2.26. The van der Waals surface area contributed by atoms with E-state index in [1.54, 1.807) is 18.4 Å². The molecule has 0 atom stereocenters. The van der Waals surface area contributed by atoms with Crippen molar-refractivity contribution in [1.82, 2.24) is 0 Å². The minimum absolute atomic E-state index is 0.305. The van der Waals surface area contributed by atoms with Gasteiger partial charge in [-0.15, -0.1) is 11.3 Å². The molecule has 2 heterocycles. The number of nitrogens with zero attached hydrogens (tertiary/aromatic N) is 1. The van der Waals surface area contributed by atoms with E-state index in [2.05, 4.69) is 0 Å². The molecule has 4 aromatic rings. The van der Waals surface area contributed by atoms with E-state index < -0.39 is 0 Å². The maximum Gasteiger partial charge on any atom is 0.341 e. The summed E-state index contributed by atoms with van der Waals surface area (Å²) in [5.74, 6) is 1.06. The number of hydrogen-bond acceptors (Lipinski definition) is 6. The molecule has 0 aliphatic heterocycles. The first-order chi connectivity index (χ1) is 16.6. The van der Waals surface area contributed by atoms with Gasteiger partial charge in [-0.3, -0.25) is 0 Å². The molecular weight excluding hydrogens is 470 g/mol. The van der Waals surface area contributed by atoms with Crippen molar-refractivity contribution in [2.24, 2.45) is 4.99 Å². The van der Waals surface area contributed by atoms with Crippen LogP contribution in [0.4, 0.5) is 5.00 Å². The lowest BCUT2D eigenvalue weighted by molar-refractivity contribution is 0.0526. The van der Waals surface area contributed by atoms with Crippen LogP contribution >= 0.6 is 22.9 Å². The van der Waals surface area contributed by atoms with Gasteiger partial charge in [0.25, 0.3) is 0 Å². The molecule has 1 aliphatic rings. The molecule has 5 rings (SSSR count). The van der Waals surface area contributed by atoms with E-state index in [0.29, 0.717) is 44.6 Å². The number of carbonyl (C=O) groups is 1. The SMILES string of the molecule is CCOC(=O)c1c(/N=c2\cc(-c3ccc(Cl)cc3)oc3ccc(OC)cc23)sc2c1CCCC2. The van der Waals surface area contributed by atoms with Crippen LogP contribution in [-0.4, -0.2) is 19.7 Å². The molecule has 0 amide bonds. The molecule has 0 spiro atoms. The number of ether oxygens (including phenoxy) is 2. The molecule has 0 saturated carbocycles. The van der Waals surface area contributed by atoms with Gasteiger partial charge >= 0.3 is 5.97 Å². The molecule has 5 nitrogen and oxygen atoms in total. The van der Waals surface area contributed by atoms with Crippen molar-refractivity contribution in [3.63, 3.8) is 0 Å². The highest BCUT2D eigenvalue weighted by Crippen LogP contribution is 2.40. The second kappa shape index (κ2) is 9.65. The summed E-state index contributed by atoms with van der Waals surface area (Å²) in [6.45, 7) is 2.15. The molecule has 0 unspecified atom stereocenters. The number of thiophene rings is 1. The van der Waals surface area contributed by atoms with Gasteiger partial charge in [-0.05, 0) is 80.6 Å². The Kier molecular flexibility index (Phi) is 6.44. The van der Waals surface area contributed by atoms with Crippen molar-refractivity contribution < 1.29 is 18.7 Å². The third-order valence-electron chi connectivity index (χ3n) is 5.93. The van der Waals surface area contributed by atoms with Crippen molar-refractivity contribution in [3.05, 3.63) is 74.9 Å². The number of esters is 1. The Bertz CT molecular complexity index is 1440. The van der Waals surface area contributed by atoms with Gasteiger partial charge in [-0.1, -0.05) is 11.6 Å². The Hall–Kier alpha value is -3.09. The smallest absolute Gasteiger partial charge is 0.341 e. The van der Waals surface area contributed by atoms with Crippen LogP contribution in [0.1, 0.15) is 40.6 Å². The lowest BCUT2D eigenvalue weighted by atomic mass is 9.95. The molecule has 7 heteroatoms. The van der Waals surface area contributed by atoms with E-state index in [9.17, 15) is 4.79 Å². The second-order valence-electron chi connectivity index (χ2n) is 8.09. The van der Waals surface area contributed by atoms with Crippen molar-refractivity contribution in [2.45, 2.75) is 32.6 Å². The maximum atomic E-state index is 12.9. The van der Waals surface area contributed by atoms with Crippen LogP contribution in [0.2, 0.25) is 5.02 Å². The van der Waals surface area contributed by atoms with Crippen LogP contribution in [0.5, 0.6) is 5.75 Å². The topological polar surface area (TPSA) is 61.0 Å². The summed E-state index contributed by atoms with van der Waals surface area (Å²) >= 11 is 7.67. The first-order valence-electron chi connectivity index (χ1n) is 11.3. The van der Waals surface area contributed by atoms with E-state index in [4.69, 9.17) is 30.5 Å². The van der Waals surface area contributed by atoms with Gasteiger partial charge in [0.05, 0.1) is 24.6 Å². The molecule has 0 bridgehead atoms. The third kappa shape index (κ3) is 4.36. The lowest BCUT2D eigenvalue weighted by Gasteiger charge is -2.11. The van der Waals surface area contributed by atoms with E-state index in [1.165, 1.54) is 4.88 Å². The summed E-state index contributed by atoms with van der Waals surface area (Å²) in [5.41, 5.74) is 3.25. The van der Waals surface area contributed by atoms with Gasteiger partial charge in [0.1, 0.15) is 22.1 Å². The fourth-order valence-corrected chi connectivity index (χ4v) is 5.66. The number of benzene rings is 2. The minimum atomic E-state index is -0.305. The summed E-state index contributed by atoms with van der Waals surface area (Å²) < 4.78 is 17.1. The number of methoxy groups -OCH3 is 1. The minimum Gasteiger partial charge on any atom is -0.497 e. The zero-order valence-electron chi connectivity index (χ0n) is 19.0. The normalized spacial score (nSPS) is 13.7. The summed E-state index contributed by atoms with van der Waals surface area (Å²) in [7, 11) is 1.63. The summed E-state index contributed by atoms with van der Waals surface area (Å²) in [5, 5.41) is 2.85. The van der Waals surface area contributed by atoms with Gasteiger partial charge < -0.3 is 13.9 Å². The molecule has 0 radical (unpaired) electrons. The predicted octanol–water partition coefficient (Wildman–Crippen LogP) is 7.11. The highest BCUT2D eigenvalue weighted by atomic mass is 35.5. The fraction of sp³-hybridized carbons (Fsp3) is 0.259. The Morgan fingerprint density at radius 1 is 1.12 bits per heavy atom. The summed E-state index contributed by atoms with van der Waals surface area (Å²) in [4.78, 5) is 19.2. The quantitative estimate of drug-likeness (QED) is 0.278. The largest absolute Gasteiger partial charge is 0.497 e. The maximum absolute atomic E-state index is 12.9. The first-order valence-corrected chi connectivity index (χ1v) is 12.5. The van der Waals surface area contributed by atoms with Crippen LogP contribution < -0.4 is 10.1 Å². The van der Waals surface area contributed by atoms with Crippen LogP contribution in [0, 0.1) is 0 Å². The molecule has 0 fully saturated rings. The molecule has 2 aromatic heterocycles. The van der Waals surface area contributed by atoms with Gasteiger partial charge in [0, 0.05) is 26.9 Å². The van der Waals surface area contributed by atoms with Gasteiger partial charge in [0.15, 0.2) is 0 Å². The number of fused-ring (bicyclic) bond motifs is 2. The third-order valence-corrected chi connectivity index (χ3v) is 7.37. The Morgan fingerprint density at radius 2 is 1.91 bits per heavy atom. The molecule has 174 valence electrons. The zero-order chi connectivity index (χ0) is 23.7. The number of rotatable bonds is 5. The molecule has 0 N–H and O–H groups in total. The van der Waals surface area contributed by atoms with Crippen molar-refractivity contribution >= 4 is 44.9 Å². The van der Waals surface area contributed by atoms with E-state index in [1.807, 2.05) is 55.5 Å². The van der Waals surface area contributed by atoms with Gasteiger partial charge in [-0.25, -0.2) is 9.79 Å².